The van der Waals surface area contributed by atoms with E-state index in [1.54, 1.807) is 28.4 Å². The van der Waals surface area contributed by atoms with E-state index >= 15 is 0 Å². The van der Waals surface area contributed by atoms with E-state index in [1.165, 1.54) is 0 Å². The maximum atomic E-state index is 5.97. The zero-order chi connectivity index (χ0) is 20.8. The highest BCUT2D eigenvalue weighted by Gasteiger charge is 2.16. The van der Waals surface area contributed by atoms with Gasteiger partial charge in [0.15, 0.2) is 23.0 Å². The standard InChI is InChI=1S/C23H27NO5/c1-6-7-8-29-22-11-15(10-21(27-4)23(22)28-5)17-9-16-12-19(25-2)20(26-3)13-18(16)24-14-17/h9-14H,6-8H2,1-5H3. The third-order valence-electron chi connectivity index (χ3n) is 4.72. The third-order valence-corrected chi connectivity index (χ3v) is 4.72. The summed E-state index contributed by atoms with van der Waals surface area (Å²) in [6.45, 7) is 2.74. The van der Waals surface area contributed by atoms with Crippen LogP contribution in [0.2, 0.25) is 0 Å². The number of nitrogens with zero attached hydrogens (tertiary/aromatic N) is 1. The van der Waals surface area contributed by atoms with Crippen LogP contribution in [0.1, 0.15) is 19.8 Å². The first-order valence-electron chi connectivity index (χ1n) is 9.56. The number of rotatable bonds is 9. The molecule has 6 heteroatoms. The van der Waals surface area contributed by atoms with Crippen molar-refractivity contribution in [3.05, 3.63) is 36.5 Å². The lowest BCUT2D eigenvalue weighted by atomic mass is 10.0. The Bertz CT molecular complexity index is 987. The Morgan fingerprint density at radius 1 is 0.724 bits per heavy atom. The number of hydrogen-bond acceptors (Lipinski definition) is 6. The van der Waals surface area contributed by atoms with E-state index in [2.05, 4.69) is 18.0 Å². The molecule has 0 aliphatic rings. The van der Waals surface area contributed by atoms with Gasteiger partial charge in [-0.3, -0.25) is 4.98 Å². The van der Waals surface area contributed by atoms with Crippen molar-refractivity contribution in [2.75, 3.05) is 35.0 Å². The van der Waals surface area contributed by atoms with Crippen molar-refractivity contribution in [1.29, 1.82) is 0 Å². The fourth-order valence-corrected chi connectivity index (χ4v) is 3.14. The number of unbranched alkanes of at least 4 members (excludes halogenated alkanes) is 1. The highest BCUT2D eigenvalue weighted by Crippen LogP contribution is 2.42. The molecule has 0 saturated heterocycles. The van der Waals surface area contributed by atoms with Crippen LogP contribution in [0, 0.1) is 0 Å². The van der Waals surface area contributed by atoms with Crippen LogP contribution in [0.25, 0.3) is 22.0 Å². The SMILES string of the molecule is CCCCOc1cc(-c2cnc3cc(OC)c(OC)cc3c2)cc(OC)c1OC. The van der Waals surface area contributed by atoms with E-state index in [0.29, 0.717) is 35.4 Å². The van der Waals surface area contributed by atoms with Gasteiger partial charge >= 0.3 is 0 Å². The minimum Gasteiger partial charge on any atom is -0.493 e. The van der Waals surface area contributed by atoms with Gasteiger partial charge in [-0.25, -0.2) is 0 Å². The van der Waals surface area contributed by atoms with Gasteiger partial charge in [-0.1, -0.05) is 13.3 Å². The maximum Gasteiger partial charge on any atom is 0.203 e. The van der Waals surface area contributed by atoms with Crippen LogP contribution in [0.15, 0.2) is 36.5 Å². The van der Waals surface area contributed by atoms with Gasteiger partial charge < -0.3 is 23.7 Å². The molecule has 0 saturated carbocycles. The van der Waals surface area contributed by atoms with Crippen LogP contribution in [-0.4, -0.2) is 40.0 Å². The first-order valence-corrected chi connectivity index (χ1v) is 9.56. The van der Waals surface area contributed by atoms with Crippen LogP contribution >= 0.6 is 0 Å². The van der Waals surface area contributed by atoms with Crippen molar-refractivity contribution in [3.63, 3.8) is 0 Å². The van der Waals surface area contributed by atoms with Crippen molar-refractivity contribution in [1.82, 2.24) is 4.98 Å². The lowest BCUT2D eigenvalue weighted by Crippen LogP contribution is -2.01. The number of pyridine rings is 1. The molecule has 0 unspecified atom stereocenters. The summed E-state index contributed by atoms with van der Waals surface area (Å²) in [5.74, 6) is 3.17. The Balaban J connectivity index is 2.08. The molecule has 154 valence electrons. The maximum absolute atomic E-state index is 5.97. The molecule has 0 fully saturated rings. The number of ether oxygens (including phenoxy) is 5. The highest BCUT2D eigenvalue weighted by molar-refractivity contribution is 5.87. The van der Waals surface area contributed by atoms with E-state index in [9.17, 15) is 0 Å². The second-order valence-electron chi connectivity index (χ2n) is 6.54. The van der Waals surface area contributed by atoms with E-state index in [0.717, 1.165) is 34.9 Å². The predicted molar refractivity (Wildman–Crippen MR) is 114 cm³/mol. The summed E-state index contributed by atoms with van der Waals surface area (Å²) in [5, 5.41) is 0.948. The second kappa shape index (κ2) is 9.37. The Labute approximate surface area is 171 Å². The third kappa shape index (κ3) is 4.31. The molecular formula is C23H27NO5. The van der Waals surface area contributed by atoms with Gasteiger partial charge in [0.25, 0.3) is 0 Å². The average molecular weight is 397 g/mol. The zero-order valence-corrected chi connectivity index (χ0v) is 17.6. The van der Waals surface area contributed by atoms with Crippen molar-refractivity contribution in [3.8, 4) is 39.9 Å². The number of hydrogen-bond donors (Lipinski definition) is 0. The molecular weight excluding hydrogens is 370 g/mol. The molecule has 1 heterocycles. The molecule has 0 spiro atoms. The fraction of sp³-hybridized carbons (Fsp3) is 0.348. The minimum atomic E-state index is 0.590. The van der Waals surface area contributed by atoms with Gasteiger partial charge in [-0.2, -0.15) is 0 Å². The van der Waals surface area contributed by atoms with E-state index in [4.69, 9.17) is 23.7 Å². The molecule has 0 aliphatic carbocycles. The molecule has 29 heavy (non-hydrogen) atoms. The van der Waals surface area contributed by atoms with Gasteiger partial charge in [0.2, 0.25) is 5.75 Å². The van der Waals surface area contributed by atoms with E-state index in [-0.39, 0.29) is 0 Å². The quantitative estimate of drug-likeness (QED) is 0.467. The fourth-order valence-electron chi connectivity index (χ4n) is 3.14. The molecule has 0 radical (unpaired) electrons. The number of methoxy groups -OCH3 is 4. The summed E-state index contributed by atoms with van der Waals surface area (Å²) in [7, 11) is 6.46. The summed E-state index contributed by atoms with van der Waals surface area (Å²) < 4.78 is 27.8. The van der Waals surface area contributed by atoms with Crippen molar-refractivity contribution >= 4 is 10.9 Å². The predicted octanol–water partition coefficient (Wildman–Crippen LogP) is 5.12. The number of benzene rings is 2. The van der Waals surface area contributed by atoms with Crippen molar-refractivity contribution in [2.24, 2.45) is 0 Å². The lowest BCUT2D eigenvalue weighted by molar-refractivity contribution is 0.279. The topological polar surface area (TPSA) is 59.0 Å². The first-order chi connectivity index (χ1) is 14.1. The molecule has 0 aliphatic heterocycles. The monoisotopic (exact) mass is 397 g/mol. The summed E-state index contributed by atoms with van der Waals surface area (Å²) in [4.78, 5) is 4.60. The molecule has 2 aromatic carbocycles. The molecule has 0 bridgehead atoms. The molecule has 0 amide bonds. The van der Waals surface area contributed by atoms with Gasteiger partial charge in [-0.15, -0.1) is 0 Å². The van der Waals surface area contributed by atoms with E-state index < -0.39 is 0 Å². The Morgan fingerprint density at radius 3 is 2.07 bits per heavy atom. The molecule has 3 rings (SSSR count). The summed E-state index contributed by atoms with van der Waals surface area (Å²) in [6, 6.07) is 9.73. The van der Waals surface area contributed by atoms with Crippen LogP contribution in [0.5, 0.6) is 28.7 Å². The first kappa shape index (κ1) is 20.6. The normalized spacial score (nSPS) is 10.7. The van der Waals surface area contributed by atoms with Crippen LogP contribution in [0.3, 0.4) is 0 Å². The number of aromatic nitrogens is 1. The summed E-state index contributed by atoms with van der Waals surface area (Å²) in [6.07, 6.45) is 3.85. The van der Waals surface area contributed by atoms with Gasteiger partial charge in [-0.05, 0) is 36.2 Å². The van der Waals surface area contributed by atoms with Gasteiger partial charge in [0.1, 0.15) is 0 Å². The van der Waals surface area contributed by atoms with Crippen molar-refractivity contribution in [2.45, 2.75) is 19.8 Å². The molecule has 6 nitrogen and oxygen atoms in total. The summed E-state index contributed by atoms with van der Waals surface area (Å²) in [5.41, 5.74) is 2.69. The van der Waals surface area contributed by atoms with Gasteiger partial charge in [0.05, 0.1) is 40.6 Å². The zero-order valence-electron chi connectivity index (χ0n) is 17.6. The minimum absolute atomic E-state index is 0.590. The van der Waals surface area contributed by atoms with Crippen LogP contribution in [-0.2, 0) is 0 Å². The van der Waals surface area contributed by atoms with E-state index in [1.807, 2.05) is 30.5 Å². The molecule has 3 aromatic rings. The van der Waals surface area contributed by atoms with Crippen LogP contribution in [0.4, 0.5) is 0 Å². The Kier molecular flexibility index (Phi) is 6.65. The smallest absolute Gasteiger partial charge is 0.203 e. The summed E-state index contributed by atoms with van der Waals surface area (Å²) >= 11 is 0. The molecule has 0 atom stereocenters. The molecule has 1 aromatic heterocycles. The Morgan fingerprint density at radius 2 is 1.41 bits per heavy atom. The lowest BCUT2D eigenvalue weighted by Gasteiger charge is -2.16. The molecule has 0 N–H and O–H groups in total. The largest absolute Gasteiger partial charge is 0.493 e. The number of fused-ring (bicyclic) bond motifs is 1. The average Bonchev–Trinajstić information content (AvgIpc) is 2.77. The second-order valence-corrected chi connectivity index (χ2v) is 6.54. The Hall–Kier alpha value is -3.15. The van der Waals surface area contributed by atoms with Crippen LogP contribution < -0.4 is 23.7 Å². The van der Waals surface area contributed by atoms with Gasteiger partial charge in [0, 0.05) is 23.2 Å². The van der Waals surface area contributed by atoms with Crippen molar-refractivity contribution < 1.29 is 23.7 Å². The highest BCUT2D eigenvalue weighted by atomic mass is 16.5.